The topological polar surface area (TPSA) is 119 Å². The van der Waals surface area contributed by atoms with E-state index >= 15 is 0 Å². The van der Waals surface area contributed by atoms with Gasteiger partial charge in [-0.15, -0.1) is 0 Å². The molecule has 2 N–H and O–H groups in total. The Bertz CT molecular complexity index is 1140. The highest BCUT2D eigenvalue weighted by atomic mass is 32.2. The van der Waals surface area contributed by atoms with Gasteiger partial charge in [0.2, 0.25) is 0 Å². The molecule has 8 nitrogen and oxygen atoms in total. The summed E-state index contributed by atoms with van der Waals surface area (Å²) < 4.78 is 171. The van der Waals surface area contributed by atoms with Gasteiger partial charge in [-0.1, -0.05) is 36.9 Å². The van der Waals surface area contributed by atoms with Gasteiger partial charge in [0, 0.05) is 13.0 Å². The van der Waals surface area contributed by atoms with Crippen molar-refractivity contribution in [1.82, 2.24) is 5.32 Å². The van der Waals surface area contributed by atoms with Gasteiger partial charge < -0.3 is 14.8 Å². The molecule has 1 aromatic rings. The second kappa shape index (κ2) is 12.1. The van der Waals surface area contributed by atoms with Crippen LogP contribution in [-0.4, -0.2) is 60.8 Å². The summed E-state index contributed by atoms with van der Waals surface area (Å²) in [7, 11) is -6.59. The first kappa shape index (κ1) is 34.1. The molecule has 0 fully saturated rings. The molecule has 0 aliphatic heterocycles. The van der Waals surface area contributed by atoms with Gasteiger partial charge in [-0.2, -0.15) is 52.3 Å². The van der Waals surface area contributed by atoms with Crippen LogP contribution in [0.25, 0.3) is 0 Å². The van der Waals surface area contributed by atoms with Crippen LogP contribution in [0.4, 0.5) is 43.9 Å². The van der Waals surface area contributed by atoms with Crippen molar-refractivity contribution in [3.63, 3.8) is 0 Å². The maximum Gasteiger partial charge on any atom is 0.466 e. The average molecular weight is 607 g/mol. The number of ether oxygens (including phenoxy) is 2. The van der Waals surface area contributed by atoms with Crippen LogP contribution >= 0.6 is 0 Å². The van der Waals surface area contributed by atoms with E-state index < -0.39 is 89.3 Å². The van der Waals surface area contributed by atoms with Gasteiger partial charge in [0.1, 0.15) is 5.57 Å². The maximum atomic E-state index is 14.0. The molecule has 0 radical (unpaired) electrons. The van der Waals surface area contributed by atoms with Crippen LogP contribution in [-0.2, 0) is 35.7 Å². The van der Waals surface area contributed by atoms with Crippen LogP contribution in [0.3, 0.4) is 0 Å². The molecule has 0 bridgehead atoms. The van der Waals surface area contributed by atoms with E-state index in [-0.39, 0.29) is 5.56 Å². The molecule has 1 rings (SSSR count). The lowest BCUT2D eigenvalue weighted by atomic mass is 10.1. The lowest BCUT2D eigenvalue weighted by Gasteiger charge is -2.33. The summed E-state index contributed by atoms with van der Waals surface area (Å²) >= 11 is 0. The fourth-order valence-electron chi connectivity index (χ4n) is 2.61. The number of carbonyl (C=O) groups excluding carboxylic acids is 2. The van der Waals surface area contributed by atoms with Crippen LogP contribution in [0.2, 0.25) is 0 Å². The first-order valence-corrected chi connectivity index (χ1v) is 11.7. The van der Waals surface area contributed by atoms with Crippen molar-refractivity contribution in [2.45, 2.75) is 55.1 Å². The third-order valence-corrected chi connectivity index (χ3v) is 5.68. The Kier molecular flexibility index (Phi) is 10.6. The van der Waals surface area contributed by atoms with Crippen LogP contribution < -0.4 is 5.32 Å². The van der Waals surface area contributed by atoms with E-state index in [0.717, 1.165) is 0 Å². The van der Waals surface area contributed by atoms with E-state index in [1.54, 1.807) is 5.32 Å². The number of hydrogen-bond donors (Lipinski definition) is 2. The van der Waals surface area contributed by atoms with Gasteiger partial charge in [-0.25, -0.2) is 4.79 Å². The van der Waals surface area contributed by atoms with Gasteiger partial charge in [0.15, 0.2) is 0 Å². The largest absolute Gasteiger partial charge is 0.466 e. The molecule has 222 valence electrons. The Hall–Kier alpha value is -2.93. The Labute approximate surface area is 213 Å². The smallest absolute Gasteiger partial charge is 0.412 e. The molecule has 0 spiro atoms. The fourth-order valence-corrected chi connectivity index (χ4v) is 3.09. The number of esters is 1. The second-order valence-corrected chi connectivity index (χ2v) is 9.11. The minimum Gasteiger partial charge on any atom is -0.412 e. The van der Waals surface area contributed by atoms with Gasteiger partial charge in [-0.05, 0) is 18.4 Å². The minimum absolute atomic E-state index is 0.176. The Morgan fingerprint density at radius 1 is 0.923 bits per heavy atom. The molecule has 0 aliphatic carbocycles. The Morgan fingerprint density at radius 2 is 1.46 bits per heavy atom. The molecule has 1 amide bonds. The number of carbonyl (C=O) groups is 2. The SMILES string of the molecule is C=C(C(=O)OC(OCCCCC(F)(F)C(F)(F)S(=O)(=O)O)(C(=O)NCc1ccccc1)C(F)(F)F)C(F)(F)F. The normalized spacial score (nSPS) is 14.8. The van der Waals surface area contributed by atoms with E-state index in [4.69, 9.17) is 4.55 Å². The zero-order valence-corrected chi connectivity index (χ0v) is 20.0. The Morgan fingerprint density at radius 3 is 1.92 bits per heavy atom. The summed E-state index contributed by atoms with van der Waals surface area (Å²) in [5.41, 5.74) is -2.29. The summed E-state index contributed by atoms with van der Waals surface area (Å²) in [5.74, 6) is -15.3. The molecule has 19 heteroatoms. The molecule has 1 unspecified atom stereocenters. The molecule has 39 heavy (non-hydrogen) atoms. The summed E-state index contributed by atoms with van der Waals surface area (Å²) in [6, 6.07) is 6.94. The third kappa shape index (κ3) is 8.28. The van der Waals surface area contributed by atoms with Gasteiger partial charge in [0.05, 0.1) is 6.61 Å². The van der Waals surface area contributed by atoms with Crippen LogP contribution in [0.15, 0.2) is 42.5 Å². The predicted molar refractivity (Wildman–Crippen MR) is 110 cm³/mol. The van der Waals surface area contributed by atoms with Crippen molar-refractivity contribution in [2.75, 3.05) is 6.61 Å². The molecule has 0 saturated carbocycles. The number of alkyl halides is 10. The lowest BCUT2D eigenvalue weighted by molar-refractivity contribution is -0.348. The molecule has 0 aliphatic rings. The molecule has 1 atom stereocenters. The number of unbranched alkanes of at least 4 members (excludes halogenated alkanes) is 1. The molecular weight excluding hydrogens is 588 g/mol. The van der Waals surface area contributed by atoms with Crippen LogP contribution in [0.1, 0.15) is 24.8 Å². The highest BCUT2D eigenvalue weighted by Gasteiger charge is 2.67. The number of rotatable bonds is 13. The summed E-state index contributed by atoms with van der Waals surface area (Å²) in [6.45, 7) is 0.0592. The van der Waals surface area contributed by atoms with E-state index in [0.29, 0.717) is 0 Å². The van der Waals surface area contributed by atoms with Crippen molar-refractivity contribution in [2.24, 2.45) is 0 Å². The summed E-state index contributed by atoms with van der Waals surface area (Å²) in [4.78, 5) is 24.3. The maximum absolute atomic E-state index is 14.0. The third-order valence-electron chi connectivity index (χ3n) is 4.73. The zero-order valence-electron chi connectivity index (χ0n) is 19.2. The van der Waals surface area contributed by atoms with Gasteiger partial charge >= 0.3 is 51.3 Å². The highest BCUT2D eigenvalue weighted by molar-refractivity contribution is 7.87. The highest BCUT2D eigenvalue weighted by Crippen LogP contribution is 2.42. The van der Waals surface area contributed by atoms with E-state index in [9.17, 15) is 61.9 Å². The van der Waals surface area contributed by atoms with Crippen LogP contribution in [0.5, 0.6) is 0 Å². The minimum atomic E-state index is -6.59. The predicted octanol–water partition coefficient (Wildman–Crippen LogP) is 4.53. The standard InChI is InChI=1S/C20H19F10NO7S/c1-12(18(23,24)25)14(32)38-17(19(26,27)28,15(33)31-11-13-7-3-2-4-8-13)37-10-6-5-9-16(21,22)20(29,30)39(34,35)36/h2-4,7-8H,1,5-6,9-11H2,(H,31,33)(H,34,35,36). The fraction of sp³-hybridized carbons (Fsp3) is 0.500. The van der Waals surface area contributed by atoms with Crippen molar-refractivity contribution in [3.8, 4) is 0 Å². The number of halogens is 10. The van der Waals surface area contributed by atoms with Crippen molar-refractivity contribution >= 4 is 22.0 Å². The van der Waals surface area contributed by atoms with E-state index in [1.165, 1.54) is 30.3 Å². The second-order valence-electron chi connectivity index (χ2n) is 7.65. The van der Waals surface area contributed by atoms with Gasteiger partial charge in [0.25, 0.3) is 0 Å². The Balaban J connectivity index is 3.18. The molecular formula is C20H19F10NO7S. The van der Waals surface area contributed by atoms with Crippen LogP contribution in [0, 0.1) is 0 Å². The molecule has 0 saturated heterocycles. The monoisotopic (exact) mass is 607 g/mol. The van der Waals surface area contributed by atoms with E-state index in [1.807, 2.05) is 0 Å². The zero-order chi connectivity index (χ0) is 30.5. The molecule has 0 aromatic heterocycles. The first-order valence-electron chi connectivity index (χ1n) is 10.2. The first-order chi connectivity index (χ1) is 17.5. The molecule has 0 heterocycles. The average Bonchev–Trinajstić information content (AvgIpc) is 2.79. The molecule has 1 aromatic carbocycles. The van der Waals surface area contributed by atoms with Crippen molar-refractivity contribution in [1.29, 1.82) is 0 Å². The number of benzene rings is 1. The lowest BCUT2D eigenvalue weighted by Crippen LogP contribution is -2.61. The number of nitrogens with one attached hydrogen (secondary N) is 1. The summed E-state index contributed by atoms with van der Waals surface area (Å²) in [5, 5.41) is -4.33. The van der Waals surface area contributed by atoms with E-state index in [2.05, 4.69) is 16.1 Å². The quantitative estimate of drug-likeness (QED) is 0.0845. The summed E-state index contributed by atoms with van der Waals surface area (Å²) in [6.07, 6.45) is -16.0. The van der Waals surface area contributed by atoms with Crippen molar-refractivity contribution < 1.29 is 75.9 Å². The number of hydrogen-bond acceptors (Lipinski definition) is 6. The number of amides is 1. The van der Waals surface area contributed by atoms with Crippen molar-refractivity contribution in [3.05, 3.63) is 48.0 Å². The van der Waals surface area contributed by atoms with Gasteiger partial charge in [-0.3, -0.25) is 9.35 Å².